The minimum Gasteiger partial charge on any atom is -0.343 e. The van der Waals surface area contributed by atoms with E-state index in [0.29, 0.717) is 18.5 Å². The summed E-state index contributed by atoms with van der Waals surface area (Å²) < 4.78 is 1.68. The predicted molar refractivity (Wildman–Crippen MR) is 90.4 cm³/mol. The fraction of sp³-hybridized carbons (Fsp3) is 0.389. The molecule has 126 valence electrons. The Morgan fingerprint density at radius 2 is 2.08 bits per heavy atom. The number of aryl methyl sites for hydroxylation is 1. The molecule has 0 saturated carbocycles. The molecular weight excluding hydrogens is 304 g/mol. The van der Waals surface area contributed by atoms with Gasteiger partial charge in [-0.15, -0.1) is 0 Å². The second-order valence-corrected chi connectivity index (χ2v) is 6.15. The Hall–Kier alpha value is -2.63. The molecule has 2 aromatic rings. The molecule has 6 heteroatoms. The molecule has 1 fully saturated rings. The number of rotatable bonds is 5. The average Bonchev–Trinajstić information content (AvgIpc) is 3.14. The van der Waals surface area contributed by atoms with E-state index in [2.05, 4.69) is 10.4 Å². The number of amides is 2. The number of aromatic nitrogens is 2. The van der Waals surface area contributed by atoms with Crippen LogP contribution in [0.5, 0.6) is 0 Å². The van der Waals surface area contributed by atoms with Crippen LogP contribution in [0.15, 0.2) is 36.5 Å². The van der Waals surface area contributed by atoms with Gasteiger partial charge in [0.2, 0.25) is 5.91 Å². The maximum Gasteiger partial charge on any atom is 0.255 e. The van der Waals surface area contributed by atoms with Gasteiger partial charge in [0.15, 0.2) is 0 Å². The molecule has 3 rings (SSSR count). The lowest BCUT2D eigenvalue weighted by Gasteiger charge is -2.25. The van der Waals surface area contributed by atoms with Crippen LogP contribution in [-0.4, -0.2) is 39.6 Å². The number of nitrogens with zero attached hydrogens (tertiary/aromatic N) is 3. The van der Waals surface area contributed by atoms with Gasteiger partial charge >= 0.3 is 0 Å². The monoisotopic (exact) mass is 326 g/mol. The molecule has 1 aromatic heterocycles. The molecule has 0 radical (unpaired) electrons. The molecule has 1 aliphatic heterocycles. The first-order valence-corrected chi connectivity index (χ1v) is 8.18. The van der Waals surface area contributed by atoms with Crippen LogP contribution in [-0.2, 0) is 11.8 Å². The minimum absolute atomic E-state index is 0.155. The van der Waals surface area contributed by atoms with Crippen LogP contribution in [0.3, 0.4) is 0 Å². The van der Waals surface area contributed by atoms with Gasteiger partial charge < -0.3 is 10.2 Å². The van der Waals surface area contributed by atoms with Crippen LogP contribution in [0.1, 0.15) is 40.5 Å². The zero-order chi connectivity index (χ0) is 17.1. The molecule has 24 heavy (non-hydrogen) atoms. The van der Waals surface area contributed by atoms with Gasteiger partial charge in [-0.1, -0.05) is 30.3 Å². The first-order chi connectivity index (χ1) is 11.6. The minimum atomic E-state index is -0.236. The highest BCUT2D eigenvalue weighted by Gasteiger charge is 2.26. The van der Waals surface area contributed by atoms with E-state index in [1.165, 1.54) is 0 Å². The van der Waals surface area contributed by atoms with E-state index in [-0.39, 0.29) is 17.9 Å². The summed E-state index contributed by atoms with van der Waals surface area (Å²) in [5.74, 6) is -0.0103. The van der Waals surface area contributed by atoms with Gasteiger partial charge in [-0.25, -0.2) is 0 Å². The van der Waals surface area contributed by atoms with Crippen LogP contribution in [0.25, 0.3) is 0 Å². The molecule has 0 bridgehead atoms. The molecule has 1 N–H and O–H groups in total. The summed E-state index contributed by atoms with van der Waals surface area (Å²) in [6.45, 7) is 3.11. The number of likely N-dealkylation sites (tertiary alicyclic amines) is 1. The third kappa shape index (κ3) is 3.32. The Kier molecular flexibility index (Phi) is 4.64. The van der Waals surface area contributed by atoms with Gasteiger partial charge in [0.05, 0.1) is 17.8 Å². The quantitative estimate of drug-likeness (QED) is 0.911. The van der Waals surface area contributed by atoms with Crippen molar-refractivity contribution in [2.45, 2.75) is 25.8 Å². The number of benzene rings is 1. The van der Waals surface area contributed by atoms with E-state index in [4.69, 9.17) is 0 Å². The smallest absolute Gasteiger partial charge is 0.255 e. The topological polar surface area (TPSA) is 67.2 Å². The second-order valence-electron chi connectivity index (χ2n) is 6.15. The summed E-state index contributed by atoms with van der Waals surface area (Å²) in [7, 11) is 1.81. The van der Waals surface area contributed by atoms with Gasteiger partial charge in [-0.05, 0) is 18.9 Å². The highest BCUT2D eigenvalue weighted by atomic mass is 16.2. The van der Waals surface area contributed by atoms with E-state index < -0.39 is 0 Å². The highest BCUT2D eigenvalue weighted by Crippen LogP contribution is 2.19. The third-order valence-corrected chi connectivity index (χ3v) is 4.56. The van der Waals surface area contributed by atoms with Crippen molar-refractivity contribution in [3.63, 3.8) is 0 Å². The van der Waals surface area contributed by atoms with Crippen LogP contribution in [0.2, 0.25) is 0 Å². The van der Waals surface area contributed by atoms with Crippen molar-refractivity contribution in [3.8, 4) is 0 Å². The zero-order valence-electron chi connectivity index (χ0n) is 14.0. The molecule has 0 aliphatic carbocycles. The first kappa shape index (κ1) is 16.2. The second kappa shape index (κ2) is 6.86. The lowest BCUT2D eigenvalue weighted by atomic mass is 10.1. The molecule has 2 heterocycles. The lowest BCUT2D eigenvalue weighted by Crippen LogP contribution is -2.38. The molecule has 2 amide bonds. The summed E-state index contributed by atoms with van der Waals surface area (Å²) >= 11 is 0. The van der Waals surface area contributed by atoms with Crippen molar-refractivity contribution in [1.29, 1.82) is 0 Å². The Bertz CT molecular complexity index is 739. The molecule has 1 aliphatic rings. The van der Waals surface area contributed by atoms with E-state index in [0.717, 1.165) is 24.2 Å². The lowest BCUT2D eigenvalue weighted by molar-refractivity contribution is -0.128. The summed E-state index contributed by atoms with van der Waals surface area (Å²) in [5.41, 5.74) is 2.37. The number of hydrogen-bond donors (Lipinski definition) is 1. The summed E-state index contributed by atoms with van der Waals surface area (Å²) in [6, 6.07) is 9.53. The standard InChI is InChI=1S/C18H22N4O2/c1-13-15(11-19-21(13)2)18(24)20-16(14-7-4-3-5-8-14)12-22-10-6-9-17(22)23/h3-5,7-8,11,16H,6,9-10,12H2,1-2H3,(H,20,24)/t16-/m0/s1. The zero-order valence-corrected chi connectivity index (χ0v) is 14.0. The maximum absolute atomic E-state index is 12.6. The van der Waals surface area contributed by atoms with Crippen LogP contribution >= 0.6 is 0 Å². The highest BCUT2D eigenvalue weighted by molar-refractivity contribution is 5.95. The Labute approximate surface area is 141 Å². The maximum atomic E-state index is 12.6. The Morgan fingerprint density at radius 3 is 2.67 bits per heavy atom. The Balaban J connectivity index is 1.80. The third-order valence-electron chi connectivity index (χ3n) is 4.56. The Morgan fingerprint density at radius 1 is 1.33 bits per heavy atom. The van der Waals surface area contributed by atoms with Gasteiger partial charge in [-0.2, -0.15) is 5.10 Å². The fourth-order valence-electron chi connectivity index (χ4n) is 2.99. The average molecular weight is 326 g/mol. The van der Waals surface area contributed by atoms with Crippen molar-refractivity contribution in [2.24, 2.45) is 7.05 Å². The molecule has 1 aromatic carbocycles. The molecular formula is C18H22N4O2. The van der Waals surface area contributed by atoms with Crippen molar-refractivity contribution in [2.75, 3.05) is 13.1 Å². The molecule has 1 atom stereocenters. The van der Waals surface area contributed by atoms with Crippen molar-refractivity contribution < 1.29 is 9.59 Å². The number of nitrogens with one attached hydrogen (secondary N) is 1. The van der Waals surface area contributed by atoms with E-state index in [9.17, 15) is 9.59 Å². The normalized spacial score (nSPS) is 15.6. The summed E-state index contributed by atoms with van der Waals surface area (Å²) in [5, 5.41) is 7.19. The predicted octanol–water partition coefficient (Wildman–Crippen LogP) is 1.82. The van der Waals surface area contributed by atoms with Gasteiger partial charge in [0, 0.05) is 32.3 Å². The van der Waals surface area contributed by atoms with Crippen LogP contribution in [0.4, 0.5) is 0 Å². The van der Waals surface area contributed by atoms with E-state index >= 15 is 0 Å². The number of carbonyl (C=O) groups is 2. The van der Waals surface area contributed by atoms with Gasteiger partial charge in [0.25, 0.3) is 5.91 Å². The number of hydrogen-bond acceptors (Lipinski definition) is 3. The molecule has 0 unspecified atom stereocenters. The van der Waals surface area contributed by atoms with Crippen molar-refractivity contribution in [1.82, 2.24) is 20.0 Å². The van der Waals surface area contributed by atoms with E-state index in [1.54, 1.807) is 10.9 Å². The molecule has 0 spiro atoms. The van der Waals surface area contributed by atoms with Crippen LogP contribution < -0.4 is 5.32 Å². The van der Waals surface area contributed by atoms with Crippen molar-refractivity contribution in [3.05, 3.63) is 53.3 Å². The molecule has 6 nitrogen and oxygen atoms in total. The largest absolute Gasteiger partial charge is 0.343 e. The summed E-state index contributed by atoms with van der Waals surface area (Å²) in [4.78, 5) is 26.4. The SMILES string of the molecule is Cc1c(C(=O)N[C@@H](CN2CCCC2=O)c2ccccc2)cnn1C. The van der Waals surface area contributed by atoms with Crippen molar-refractivity contribution >= 4 is 11.8 Å². The van der Waals surface area contributed by atoms with Crippen LogP contribution in [0, 0.1) is 6.92 Å². The van der Waals surface area contributed by atoms with Gasteiger partial charge in [-0.3, -0.25) is 14.3 Å². The van der Waals surface area contributed by atoms with E-state index in [1.807, 2.05) is 49.2 Å². The molecule has 1 saturated heterocycles. The number of carbonyl (C=O) groups excluding carboxylic acids is 2. The van der Waals surface area contributed by atoms with Gasteiger partial charge in [0.1, 0.15) is 0 Å². The fourth-order valence-corrected chi connectivity index (χ4v) is 2.99. The first-order valence-electron chi connectivity index (χ1n) is 8.18. The summed E-state index contributed by atoms with van der Waals surface area (Å²) in [6.07, 6.45) is 3.06.